The molecule has 0 fully saturated rings. The maximum atomic E-state index is 11.7. The standard InChI is InChI=1S/C16H18N4O3/c21-14(16(23)20-11-13-6-2-4-8-18-13)9-15(22)19-10-12-5-1-3-7-17-12/h1-8,14,21H,9-11H2,(H,19,22)(H,20,23). The molecule has 2 heterocycles. The molecule has 0 aliphatic heterocycles. The number of hydrogen-bond donors (Lipinski definition) is 3. The first-order valence-corrected chi connectivity index (χ1v) is 7.17. The smallest absolute Gasteiger partial charge is 0.249 e. The van der Waals surface area contributed by atoms with Crippen molar-refractivity contribution in [2.24, 2.45) is 0 Å². The number of pyridine rings is 2. The molecule has 7 nitrogen and oxygen atoms in total. The van der Waals surface area contributed by atoms with Crippen molar-refractivity contribution in [3.8, 4) is 0 Å². The van der Waals surface area contributed by atoms with Crippen molar-refractivity contribution in [1.82, 2.24) is 20.6 Å². The predicted octanol–water partition coefficient (Wildman–Crippen LogP) is 0.160. The molecule has 0 radical (unpaired) electrons. The number of aliphatic hydroxyl groups is 1. The van der Waals surface area contributed by atoms with Crippen LogP contribution in [0, 0.1) is 0 Å². The average Bonchev–Trinajstić information content (AvgIpc) is 2.59. The highest BCUT2D eigenvalue weighted by atomic mass is 16.3. The van der Waals surface area contributed by atoms with Crippen LogP contribution >= 0.6 is 0 Å². The van der Waals surface area contributed by atoms with Gasteiger partial charge >= 0.3 is 0 Å². The molecule has 0 saturated carbocycles. The first-order valence-electron chi connectivity index (χ1n) is 7.17. The number of amides is 2. The van der Waals surface area contributed by atoms with Gasteiger partial charge in [-0.05, 0) is 24.3 Å². The number of aliphatic hydroxyl groups excluding tert-OH is 1. The van der Waals surface area contributed by atoms with E-state index >= 15 is 0 Å². The van der Waals surface area contributed by atoms with Crippen LogP contribution in [0.3, 0.4) is 0 Å². The second-order valence-electron chi connectivity index (χ2n) is 4.86. The van der Waals surface area contributed by atoms with E-state index in [1.807, 2.05) is 6.07 Å². The van der Waals surface area contributed by atoms with Gasteiger partial charge in [0, 0.05) is 12.4 Å². The number of carbonyl (C=O) groups is 2. The van der Waals surface area contributed by atoms with Crippen molar-refractivity contribution in [3.63, 3.8) is 0 Å². The van der Waals surface area contributed by atoms with Crippen LogP contribution in [0.2, 0.25) is 0 Å². The molecule has 2 amide bonds. The summed E-state index contributed by atoms with van der Waals surface area (Å²) >= 11 is 0. The molecule has 0 bridgehead atoms. The summed E-state index contributed by atoms with van der Waals surface area (Å²) in [7, 11) is 0. The fourth-order valence-electron chi connectivity index (χ4n) is 1.83. The fraction of sp³-hybridized carbons (Fsp3) is 0.250. The minimum atomic E-state index is -1.40. The van der Waals surface area contributed by atoms with Gasteiger partial charge in [0.15, 0.2) is 0 Å². The third-order valence-electron chi connectivity index (χ3n) is 3.04. The monoisotopic (exact) mass is 314 g/mol. The summed E-state index contributed by atoms with van der Waals surface area (Å²) in [4.78, 5) is 31.6. The van der Waals surface area contributed by atoms with Gasteiger partial charge in [0.05, 0.1) is 30.9 Å². The normalized spacial score (nSPS) is 11.5. The summed E-state index contributed by atoms with van der Waals surface area (Å²) in [5, 5.41) is 14.9. The van der Waals surface area contributed by atoms with E-state index in [4.69, 9.17) is 0 Å². The summed E-state index contributed by atoms with van der Waals surface area (Å²) in [5.74, 6) is -1.03. The Morgan fingerprint density at radius 1 is 0.957 bits per heavy atom. The molecule has 1 unspecified atom stereocenters. The summed E-state index contributed by atoms with van der Waals surface area (Å²) < 4.78 is 0. The second-order valence-corrected chi connectivity index (χ2v) is 4.86. The lowest BCUT2D eigenvalue weighted by atomic mass is 10.2. The number of hydrogen-bond acceptors (Lipinski definition) is 5. The lowest BCUT2D eigenvalue weighted by Gasteiger charge is -2.11. The van der Waals surface area contributed by atoms with Gasteiger partial charge in [-0.2, -0.15) is 0 Å². The van der Waals surface area contributed by atoms with Crippen molar-refractivity contribution in [2.45, 2.75) is 25.6 Å². The number of nitrogens with zero attached hydrogens (tertiary/aromatic N) is 2. The van der Waals surface area contributed by atoms with E-state index in [-0.39, 0.29) is 19.5 Å². The molecular formula is C16H18N4O3. The molecular weight excluding hydrogens is 296 g/mol. The van der Waals surface area contributed by atoms with Crippen LogP contribution in [0.5, 0.6) is 0 Å². The fourth-order valence-corrected chi connectivity index (χ4v) is 1.83. The topological polar surface area (TPSA) is 104 Å². The van der Waals surface area contributed by atoms with Gasteiger partial charge in [-0.1, -0.05) is 12.1 Å². The van der Waals surface area contributed by atoms with Crippen LogP contribution < -0.4 is 10.6 Å². The van der Waals surface area contributed by atoms with Crippen molar-refractivity contribution in [2.75, 3.05) is 0 Å². The lowest BCUT2D eigenvalue weighted by molar-refractivity contribution is -0.134. The number of nitrogens with one attached hydrogen (secondary N) is 2. The zero-order valence-electron chi connectivity index (χ0n) is 12.5. The predicted molar refractivity (Wildman–Crippen MR) is 82.8 cm³/mol. The SMILES string of the molecule is O=C(CC(O)C(=O)NCc1ccccn1)NCc1ccccn1. The van der Waals surface area contributed by atoms with E-state index in [1.54, 1.807) is 42.7 Å². The van der Waals surface area contributed by atoms with Crippen molar-refractivity contribution in [1.29, 1.82) is 0 Å². The van der Waals surface area contributed by atoms with Crippen LogP contribution in [0.15, 0.2) is 48.8 Å². The largest absolute Gasteiger partial charge is 0.383 e. The van der Waals surface area contributed by atoms with Gasteiger partial charge in [0.1, 0.15) is 6.10 Å². The minimum Gasteiger partial charge on any atom is -0.383 e. The zero-order valence-corrected chi connectivity index (χ0v) is 12.5. The molecule has 2 aromatic rings. The van der Waals surface area contributed by atoms with Crippen LogP contribution in [-0.4, -0.2) is 33.0 Å². The van der Waals surface area contributed by atoms with Crippen molar-refractivity contribution in [3.05, 3.63) is 60.2 Å². The van der Waals surface area contributed by atoms with Crippen LogP contribution in [0.1, 0.15) is 17.8 Å². The summed E-state index contributed by atoms with van der Waals surface area (Å²) in [6.45, 7) is 0.453. The Morgan fingerprint density at radius 2 is 1.52 bits per heavy atom. The summed E-state index contributed by atoms with van der Waals surface area (Å²) in [5.41, 5.74) is 1.38. The Morgan fingerprint density at radius 3 is 2.04 bits per heavy atom. The minimum absolute atomic E-state index is 0.201. The van der Waals surface area contributed by atoms with E-state index < -0.39 is 17.9 Å². The van der Waals surface area contributed by atoms with E-state index in [0.717, 1.165) is 0 Å². The van der Waals surface area contributed by atoms with E-state index in [2.05, 4.69) is 20.6 Å². The van der Waals surface area contributed by atoms with Crippen LogP contribution in [0.25, 0.3) is 0 Å². The quantitative estimate of drug-likeness (QED) is 0.675. The molecule has 0 aliphatic carbocycles. The van der Waals surface area contributed by atoms with E-state index in [0.29, 0.717) is 11.4 Å². The first-order chi connectivity index (χ1) is 11.1. The van der Waals surface area contributed by atoms with Gasteiger partial charge in [0.2, 0.25) is 11.8 Å². The third-order valence-corrected chi connectivity index (χ3v) is 3.04. The Balaban J connectivity index is 1.71. The Bertz CT molecular complexity index is 634. The van der Waals surface area contributed by atoms with E-state index in [9.17, 15) is 14.7 Å². The molecule has 2 aromatic heterocycles. The zero-order chi connectivity index (χ0) is 16.5. The lowest BCUT2D eigenvalue weighted by Crippen LogP contribution is -2.38. The number of carbonyl (C=O) groups excluding carboxylic acids is 2. The van der Waals surface area contributed by atoms with Crippen LogP contribution in [0.4, 0.5) is 0 Å². The average molecular weight is 314 g/mol. The third kappa shape index (κ3) is 5.84. The van der Waals surface area contributed by atoms with Crippen molar-refractivity contribution >= 4 is 11.8 Å². The molecule has 0 spiro atoms. The summed E-state index contributed by atoms with van der Waals surface area (Å²) in [6.07, 6.45) is 1.54. The highest BCUT2D eigenvalue weighted by molar-refractivity contribution is 5.87. The molecule has 0 saturated heterocycles. The Hall–Kier alpha value is -2.80. The Labute approximate surface area is 133 Å². The van der Waals surface area contributed by atoms with Gasteiger partial charge in [-0.3, -0.25) is 19.6 Å². The molecule has 1 atom stereocenters. The Kier molecular flexibility index (Phi) is 6.19. The molecule has 7 heteroatoms. The van der Waals surface area contributed by atoms with Gasteiger partial charge in [0.25, 0.3) is 0 Å². The molecule has 3 N–H and O–H groups in total. The maximum absolute atomic E-state index is 11.7. The van der Waals surface area contributed by atoms with Gasteiger partial charge < -0.3 is 15.7 Å². The first kappa shape index (κ1) is 16.6. The molecule has 23 heavy (non-hydrogen) atoms. The van der Waals surface area contributed by atoms with Crippen LogP contribution in [-0.2, 0) is 22.7 Å². The number of rotatable bonds is 7. The second kappa shape index (κ2) is 8.60. The molecule has 0 aliphatic rings. The highest BCUT2D eigenvalue weighted by Crippen LogP contribution is 1.97. The number of aromatic nitrogens is 2. The van der Waals surface area contributed by atoms with Gasteiger partial charge in [-0.15, -0.1) is 0 Å². The highest BCUT2D eigenvalue weighted by Gasteiger charge is 2.18. The van der Waals surface area contributed by atoms with Gasteiger partial charge in [-0.25, -0.2) is 0 Å². The van der Waals surface area contributed by atoms with Crippen molar-refractivity contribution < 1.29 is 14.7 Å². The van der Waals surface area contributed by atoms with E-state index in [1.165, 1.54) is 0 Å². The molecule has 0 aromatic carbocycles. The maximum Gasteiger partial charge on any atom is 0.249 e. The molecule has 120 valence electrons. The summed E-state index contributed by atoms with van der Waals surface area (Å²) in [6, 6.07) is 10.7. The molecule has 2 rings (SSSR count).